The van der Waals surface area contributed by atoms with Gasteiger partial charge in [0.25, 0.3) is 0 Å². The number of urea groups is 1. The van der Waals surface area contributed by atoms with E-state index in [-0.39, 0.29) is 16.2 Å². The average molecular weight is 438 g/mol. The lowest BCUT2D eigenvalue weighted by Crippen LogP contribution is -2.45. The van der Waals surface area contributed by atoms with Crippen molar-refractivity contribution in [1.29, 1.82) is 0 Å². The minimum atomic E-state index is -0.0292. The van der Waals surface area contributed by atoms with Crippen molar-refractivity contribution in [2.75, 3.05) is 33.7 Å². The first-order chi connectivity index (χ1) is 10.5. The van der Waals surface area contributed by atoms with Crippen LogP contribution in [0, 0.1) is 0 Å². The lowest BCUT2D eigenvalue weighted by Gasteiger charge is -2.24. The number of carbonyl (C=O) groups excluding carboxylic acids is 1. The van der Waals surface area contributed by atoms with Crippen LogP contribution in [0.15, 0.2) is 24.3 Å². The molecule has 1 heterocycles. The van der Waals surface area contributed by atoms with Crippen molar-refractivity contribution in [2.24, 2.45) is 0 Å². The quantitative estimate of drug-likeness (QED) is 0.438. The van der Waals surface area contributed by atoms with Crippen LogP contribution < -0.4 is 10.1 Å². The molecule has 7 heteroatoms. The predicted octanol–water partition coefficient (Wildman–Crippen LogP) is 2.83. The molecular weight excluding hydrogens is 417 g/mol. The predicted molar refractivity (Wildman–Crippen MR) is 97.0 cm³/mol. The Kier molecular flexibility index (Phi) is 6.58. The molecule has 1 aromatic rings. The van der Waals surface area contributed by atoms with E-state index in [1.54, 1.807) is 6.07 Å². The lowest BCUT2D eigenvalue weighted by atomic mass is 10.3. The summed E-state index contributed by atoms with van der Waals surface area (Å²) in [6.45, 7) is 2.17. The number of ether oxygens (including phenoxy) is 1. The fourth-order valence-corrected chi connectivity index (χ4v) is 3.48. The summed E-state index contributed by atoms with van der Waals surface area (Å²) in [7, 11) is 3.97. The number of carbonyl (C=O) groups is 1. The molecule has 0 bridgehead atoms. The first-order valence-corrected chi connectivity index (χ1v) is 8.85. The lowest BCUT2D eigenvalue weighted by molar-refractivity contribution is 0.180. The van der Waals surface area contributed by atoms with Gasteiger partial charge in [-0.05, 0) is 32.3 Å². The van der Waals surface area contributed by atoms with Gasteiger partial charge in [-0.1, -0.05) is 40.3 Å². The number of likely N-dealkylation sites (tertiary alicyclic amines) is 1. The molecule has 0 aromatic heterocycles. The molecule has 1 aliphatic heterocycles. The second-order valence-corrected chi connectivity index (χ2v) is 7.22. The van der Waals surface area contributed by atoms with E-state index in [1.165, 1.54) is 0 Å². The van der Waals surface area contributed by atoms with Gasteiger partial charge in [0.2, 0.25) is 0 Å². The van der Waals surface area contributed by atoms with Crippen LogP contribution in [0.25, 0.3) is 0 Å². The Morgan fingerprint density at radius 1 is 1.55 bits per heavy atom. The van der Waals surface area contributed by atoms with Gasteiger partial charge in [-0.25, -0.2) is 4.79 Å². The molecule has 0 saturated carbocycles. The molecule has 0 spiro atoms. The highest BCUT2D eigenvalue weighted by molar-refractivity contribution is 14.1. The first kappa shape index (κ1) is 17.6. The van der Waals surface area contributed by atoms with Gasteiger partial charge in [0, 0.05) is 31.1 Å². The van der Waals surface area contributed by atoms with Crippen LogP contribution in [0.4, 0.5) is 4.79 Å². The number of benzene rings is 1. The molecule has 5 nitrogen and oxygen atoms in total. The Morgan fingerprint density at radius 2 is 2.32 bits per heavy atom. The smallest absolute Gasteiger partial charge is 0.318 e. The van der Waals surface area contributed by atoms with Crippen molar-refractivity contribution in [2.45, 2.75) is 16.6 Å². The Bertz CT molecular complexity index is 515. The molecule has 2 atom stereocenters. The normalized spacial score (nSPS) is 21.2. The van der Waals surface area contributed by atoms with E-state index in [4.69, 9.17) is 16.3 Å². The minimum Gasteiger partial charge on any atom is -0.487 e. The van der Waals surface area contributed by atoms with Crippen molar-refractivity contribution >= 4 is 40.2 Å². The second kappa shape index (κ2) is 8.21. The summed E-state index contributed by atoms with van der Waals surface area (Å²) in [6.07, 6.45) is 0.806. The number of nitrogens with zero attached hydrogens (tertiary/aromatic N) is 2. The van der Waals surface area contributed by atoms with Crippen molar-refractivity contribution in [1.82, 2.24) is 15.1 Å². The molecule has 2 unspecified atom stereocenters. The molecule has 1 aromatic carbocycles. The number of hydrogen-bond donors (Lipinski definition) is 1. The number of alkyl halides is 1. The van der Waals surface area contributed by atoms with Gasteiger partial charge in [0.1, 0.15) is 15.9 Å². The molecule has 122 valence electrons. The van der Waals surface area contributed by atoms with E-state index >= 15 is 0 Å². The van der Waals surface area contributed by atoms with Crippen LogP contribution in [-0.2, 0) is 0 Å². The number of halogens is 2. The van der Waals surface area contributed by atoms with Crippen molar-refractivity contribution < 1.29 is 9.53 Å². The third-order valence-corrected chi connectivity index (χ3v) is 5.15. The maximum absolute atomic E-state index is 12.2. The highest BCUT2D eigenvalue weighted by Gasteiger charge is 2.36. The third kappa shape index (κ3) is 4.89. The number of rotatable bonds is 5. The molecule has 22 heavy (non-hydrogen) atoms. The van der Waals surface area contributed by atoms with Crippen molar-refractivity contribution in [3.8, 4) is 5.75 Å². The Morgan fingerprint density at radius 3 is 3.00 bits per heavy atom. The van der Waals surface area contributed by atoms with Gasteiger partial charge in [0.15, 0.2) is 0 Å². The summed E-state index contributed by atoms with van der Waals surface area (Å²) in [4.78, 5) is 16.1. The zero-order valence-electron chi connectivity index (χ0n) is 12.8. The summed E-state index contributed by atoms with van der Waals surface area (Å²) in [5, 5.41) is 3.60. The number of nitrogens with one attached hydrogen (secondary N) is 1. The van der Waals surface area contributed by atoms with Crippen LogP contribution in [0.2, 0.25) is 5.02 Å². The molecule has 0 radical (unpaired) electrons. The van der Waals surface area contributed by atoms with E-state index in [0.29, 0.717) is 18.1 Å². The summed E-state index contributed by atoms with van der Waals surface area (Å²) in [5.41, 5.74) is 0. The van der Waals surface area contributed by atoms with E-state index in [9.17, 15) is 4.79 Å². The van der Waals surface area contributed by atoms with Gasteiger partial charge in [-0.2, -0.15) is 0 Å². The summed E-state index contributed by atoms with van der Waals surface area (Å²) < 4.78 is 5.98. The maximum atomic E-state index is 12.2. The van der Waals surface area contributed by atoms with Crippen molar-refractivity contribution in [3.05, 3.63) is 29.3 Å². The molecule has 1 aliphatic rings. The summed E-state index contributed by atoms with van der Waals surface area (Å²) >= 11 is 8.24. The van der Waals surface area contributed by atoms with Crippen LogP contribution in [0.3, 0.4) is 0 Å². The number of hydrogen-bond acceptors (Lipinski definition) is 3. The molecule has 1 N–H and O–H groups in total. The number of amides is 2. The van der Waals surface area contributed by atoms with Gasteiger partial charge in [-0.3, -0.25) is 0 Å². The fourth-order valence-electron chi connectivity index (χ4n) is 2.26. The van der Waals surface area contributed by atoms with Gasteiger partial charge < -0.3 is 19.9 Å². The highest BCUT2D eigenvalue weighted by atomic mass is 127. The summed E-state index contributed by atoms with van der Waals surface area (Å²) in [6, 6.07) is 7.33. The SMILES string of the molecule is CN(C)CCNC(=O)N1CCC(Oc2cccc(Cl)c2)C1I. The highest BCUT2D eigenvalue weighted by Crippen LogP contribution is 2.28. The number of likely N-dealkylation sites (N-methyl/N-ethyl adjacent to an activating group) is 1. The molecule has 0 aliphatic carbocycles. The molecular formula is C15H21ClIN3O2. The Labute approximate surface area is 150 Å². The third-order valence-electron chi connectivity index (χ3n) is 3.44. The second-order valence-electron chi connectivity index (χ2n) is 5.50. The Hall–Kier alpha value is -0.730. The van der Waals surface area contributed by atoms with E-state index in [1.807, 2.05) is 42.1 Å². The Balaban J connectivity index is 1.86. The fraction of sp³-hybridized carbons (Fsp3) is 0.533. The summed E-state index contributed by atoms with van der Waals surface area (Å²) in [5.74, 6) is 0.744. The minimum absolute atomic E-state index is 0.0101. The van der Waals surface area contributed by atoms with Gasteiger partial charge in [0.05, 0.1) is 0 Å². The van der Waals surface area contributed by atoms with Crippen LogP contribution in [0.5, 0.6) is 5.75 Å². The van der Waals surface area contributed by atoms with Crippen LogP contribution >= 0.6 is 34.2 Å². The molecule has 2 rings (SSSR count). The zero-order valence-corrected chi connectivity index (χ0v) is 15.7. The average Bonchev–Trinajstić information content (AvgIpc) is 2.80. The monoisotopic (exact) mass is 437 g/mol. The first-order valence-electron chi connectivity index (χ1n) is 7.23. The van der Waals surface area contributed by atoms with Crippen LogP contribution in [-0.4, -0.2) is 59.7 Å². The van der Waals surface area contributed by atoms with Crippen LogP contribution in [0.1, 0.15) is 6.42 Å². The van der Waals surface area contributed by atoms with Crippen molar-refractivity contribution in [3.63, 3.8) is 0 Å². The van der Waals surface area contributed by atoms with E-state index in [2.05, 4.69) is 27.9 Å². The van der Waals surface area contributed by atoms with E-state index < -0.39 is 0 Å². The van der Waals surface area contributed by atoms with E-state index in [0.717, 1.165) is 18.7 Å². The largest absolute Gasteiger partial charge is 0.487 e. The topological polar surface area (TPSA) is 44.8 Å². The standard InChI is InChI=1S/C15H21ClIN3O2/c1-19(2)9-7-18-15(21)20-8-6-13(14(20)17)22-12-5-3-4-11(16)10-12/h3-5,10,13-14H,6-9H2,1-2H3,(H,18,21). The maximum Gasteiger partial charge on any atom is 0.318 e. The van der Waals surface area contributed by atoms with Gasteiger partial charge >= 0.3 is 6.03 Å². The molecule has 1 saturated heterocycles. The zero-order chi connectivity index (χ0) is 16.1. The molecule has 1 fully saturated rings. The van der Waals surface area contributed by atoms with Gasteiger partial charge in [-0.15, -0.1) is 0 Å². The molecule has 2 amide bonds.